The molecule has 0 aliphatic carbocycles. The second kappa shape index (κ2) is 17.3. The molecule has 16 heteroatoms. The molecule has 2 fully saturated rings. The Bertz CT molecular complexity index is 2180. The van der Waals surface area contributed by atoms with Gasteiger partial charge in [-0.1, -0.05) is 23.7 Å². The number of para-hydroxylation sites is 1. The Labute approximate surface area is 336 Å². The fraction of sp³-hybridized carbons (Fsp3) is 0.375. The third-order valence-electron chi connectivity index (χ3n) is 10.3. The summed E-state index contributed by atoms with van der Waals surface area (Å²) in [7, 11) is -0.904. The lowest BCUT2D eigenvalue weighted by Crippen LogP contribution is -2.52. The Hall–Kier alpha value is -4.62. The van der Waals surface area contributed by atoms with E-state index >= 15 is 0 Å². The summed E-state index contributed by atoms with van der Waals surface area (Å²) in [6.45, 7) is 6.62. The number of hydrogen-bond acceptors (Lipinski definition) is 12. The Balaban J connectivity index is 0.862. The van der Waals surface area contributed by atoms with E-state index in [9.17, 15) is 18.9 Å². The van der Waals surface area contributed by atoms with Crippen molar-refractivity contribution in [3.63, 3.8) is 0 Å². The first-order valence-corrected chi connectivity index (χ1v) is 22.7. The van der Waals surface area contributed by atoms with Gasteiger partial charge >= 0.3 is 0 Å². The number of rotatable bonds is 14. The van der Waals surface area contributed by atoms with Crippen molar-refractivity contribution >= 4 is 82.4 Å². The van der Waals surface area contributed by atoms with Crippen LogP contribution in [0.15, 0.2) is 71.8 Å². The van der Waals surface area contributed by atoms with Gasteiger partial charge in [0.25, 0.3) is 5.91 Å². The fourth-order valence-electron chi connectivity index (χ4n) is 7.34. The van der Waals surface area contributed by atoms with Crippen LogP contribution in [0.1, 0.15) is 48.0 Å². The molecule has 3 aliphatic heterocycles. The predicted octanol–water partition coefficient (Wildman–Crippen LogP) is 6.38. The number of imide groups is 1. The van der Waals surface area contributed by atoms with Crippen LogP contribution in [-0.2, 0) is 20.7 Å². The molecule has 1 atom stereocenters. The molecule has 4 heterocycles. The van der Waals surface area contributed by atoms with Gasteiger partial charge in [-0.15, -0.1) is 11.8 Å². The molecule has 7 rings (SSSR count). The first-order valence-electron chi connectivity index (χ1n) is 18.7. The zero-order valence-electron chi connectivity index (χ0n) is 31.6. The molecule has 1 aromatic heterocycles. The number of carbonyl (C=O) groups is 3. The van der Waals surface area contributed by atoms with Crippen molar-refractivity contribution in [2.24, 2.45) is 0 Å². The number of fused-ring (bicyclic) bond motifs is 1. The lowest BCUT2D eigenvalue weighted by Gasteiger charge is -2.34. The summed E-state index contributed by atoms with van der Waals surface area (Å²) in [5.41, 5.74) is 4.05. The van der Waals surface area contributed by atoms with Gasteiger partial charge in [0.15, 0.2) is 5.82 Å². The number of nitrogens with one attached hydrogen (secondary N) is 4. The van der Waals surface area contributed by atoms with Crippen LogP contribution in [0, 0.1) is 0 Å². The Morgan fingerprint density at radius 3 is 2.57 bits per heavy atom. The molecule has 4 N–H and O–H groups in total. The number of carbonyl (C=O) groups excluding carboxylic acids is 3. The number of anilines is 5. The number of halogens is 1. The summed E-state index contributed by atoms with van der Waals surface area (Å²) in [5, 5.41) is 13.7. The van der Waals surface area contributed by atoms with E-state index in [1.54, 1.807) is 37.1 Å². The molecule has 3 aliphatic rings. The molecule has 0 bridgehead atoms. The number of piperidine rings is 2. The number of hydrogen-bond donors (Lipinski definition) is 4. The van der Waals surface area contributed by atoms with Gasteiger partial charge in [0.1, 0.15) is 24.0 Å². The quantitative estimate of drug-likeness (QED) is 0.0483. The molecule has 1 unspecified atom stereocenters. The van der Waals surface area contributed by atoms with E-state index in [1.807, 2.05) is 48.5 Å². The molecular weight excluding hydrogens is 771 g/mol. The minimum absolute atomic E-state index is 0.145. The monoisotopic (exact) mass is 816 g/mol. The molecule has 294 valence electrons. The molecule has 4 aromatic rings. The number of ether oxygens (including phenoxy) is 1. The van der Waals surface area contributed by atoms with Crippen molar-refractivity contribution in [3.8, 4) is 5.75 Å². The van der Waals surface area contributed by atoms with Gasteiger partial charge in [-0.2, -0.15) is 4.98 Å². The summed E-state index contributed by atoms with van der Waals surface area (Å²) in [6, 6.07) is 19.2. The Morgan fingerprint density at radius 2 is 1.80 bits per heavy atom. The van der Waals surface area contributed by atoms with Crippen molar-refractivity contribution in [3.05, 3.63) is 83.0 Å². The highest BCUT2D eigenvalue weighted by Gasteiger charge is 2.39. The minimum Gasteiger partial charge on any atom is -0.494 e. The van der Waals surface area contributed by atoms with Crippen molar-refractivity contribution in [1.82, 2.24) is 25.5 Å². The Kier molecular flexibility index (Phi) is 12.2. The average molecular weight is 817 g/mol. The largest absolute Gasteiger partial charge is 0.494 e. The molecule has 0 spiro atoms. The molecule has 0 radical (unpaired) electrons. The molecule has 3 amide bonds. The third-order valence-corrected chi connectivity index (χ3v) is 13.2. The zero-order chi connectivity index (χ0) is 39.4. The maximum absolute atomic E-state index is 13.0. The number of nitrogens with zero attached hydrogens (tertiary/aromatic N) is 4. The van der Waals surface area contributed by atoms with Crippen LogP contribution < -0.4 is 36.2 Å². The first-order chi connectivity index (χ1) is 27.0. The SMILES string of the molecule is COc1cc(N2CCC(NCCCSc3ccc4c(c3)CN(C3CCC(=O)NC3=O)C4=O)CC2)ccc1Nc1ncc(Cl)c(Nc2ccccc2P(C)(C)=O)n1. The second-order valence-electron chi connectivity index (χ2n) is 14.5. The van der Waals surface area contributed by atoms with Gasteiger partial charge < -0.3 is 35.1 Å². The summed E-state index contributed by atoms with van der Waals surface area (Å²) in [6.07, 6.45) is 5.20. The highest BCUT2D eigenvalue weighted by molar-refractivity contribution is 7.99. The van der Waals surface area contributed by atoms with E-state index in [0.29, 0.717) is 63.8 Å². The summed E-state index contributed by atoms with van der Waals surface area (Å²) in [5.74, 6) is 1.53. The fourth-order valence-corrected chi connectivity index (χ4v) is 9.55. The molecule has 3 aromatic carbocycles. The summed E-state index contributed by atoms with van der Waals surface area (Å²) in [4.78, 5) is 51.0. The van der Waals surface area contributed by atoms with E-state index < -0.39 is 13.2 Å². The van der Waals surface area contributed by atoms with Crippen LogP contribution in [0.2, 0.25) is 5.02 Å². The second-order valence-corrected chi connectivity index (χ2v) is 19.3. The maximum Gasteiger partial charge on any atom is 0.255 e. The van der Waals surface area contributed by atoms with Gasteiger partial charge in [-0.3, -0.25) is 19.7 Å². The predicted molar refractivity (Wildman–Crippen MR) is 223 cm³/mol. The zero-order valence-corrected chi connectivity index (χ0v) is 34.1. The molecule has 13 nitrogen and oxygen atoms in total. The molecule has 56 heavy (non-hydrogen) atoms. The van der Waals surface area contributed by atoms with Crippen molar-refractivity contribution < 1.29 is 23.7 Å². The average Bonchev–Trinajstić information content (AvgIpc) is 3.51. The number of benzene rings is 3. The number of amides is 3. The van der Waals surface area contributed by atoms with Crippen LogP contribution in [0.3, 0.4) is 0 Å². The molecular formula is C40H46ClN8O5PS. The Morgan fingerprint density at radius 1 is 1.00 bits per heavy atom. The summed E-state index contributed by atoms with van der Waals surface area (Å²) < 4.78 is 18.6. The number of aromatic nitrogens is 2. The highest BCUT2D eigenvalue weighted by Crippen LogP contribution is 2.39. The van der Waals surface area contributed by atoms with E-state index in [-0.39, 0.29) is 24.1 Å². The van der Waals surface area contributed by atoms with Crippen LogP contribution in [-0.4, -0.2) is 90.5 Å². The van der Waals surface area contributed by atoms with Gasteiger partial charge in [0.05, 0.1) is 24.7 Å². The standard InChI is InChI=1S/C40H46ClN8O5PS/c1-54-34-22-27(9-12-31(34)45-40-43-23-30(41)37(47-40)44-32-7-4-5-8-35(32)55(2,3)53)48-18-15-26(16-19-48)42-17-6-20-56-28-10-11-29-25(21-28)24-49(39(29)52)33-13-14-36(50)46-38(33)51/h4-5,7-12,21-23,26,33,42H,6,13-20,24H2,1-3H3,(H,46,50,51)(H2,43,44,45,47). The topological polar surface area (TPSA) is 158 Å². The van der Waals surface area contributed by atoms with Crippen LogP contribution in [0.4, 0.5) is 28.8 Å². The first kappa shape index (κ1) is 39.6. The summed E-state index contributed by atoms with van der Waals surface area (Å²) >= 11 is 8.23. The van der Waals surface area contributed by atoms with E-state index in [0.717, 1.165) is 60.8 Å². The van der Waals surface area contributed by atoms with Gasteiger partial charge in [0.2, 0.25) is 17.8 Å². The van der Waals surface area contributed by atoms with Crippen LogP contribution >= 0.6 is 30.5 Å². The van der Waals surface area contributed by atoms with Gasteiger partial charge in [-0.05, 0) is 99.3 Å². The third kappa shape index (κ3) is 9.15. The highest BCUT2D eigenvalue weighted by atomic mass is 35.5. The lowest BCUT2D eigenvalue weighted by atomic mass is 10.0. The van der Waals surface area contributed by atoms with E-state index in [4.69, 9.17) is 16.3 Å². The van der Waals surface area contributed by atoms with Crippen LogP contribution in [0.25, 0.3) is 0 Å². The smallest absolute Gasteiger partial charge is 0.255 e. The van der Waals surface area contributed by atoms with Gasteiger partial charge in [-0.25, -0.2) is 4.98 Å². The molecule has 2 saturated heterocycles. The number of methoxy groups -OCH3 is 1. The van der Waals surface area contributed by atoms with E-state index in [1.165, 1.54) is 6.20 Å². The number of thioether (sulfide) groups is 1. The van der Waals surface area contributed by atoms with Crippen LogP contribution in [0.5, 0.6) is 5.75 Å². The van der Waals surface area contributed by atoms with Crippen molar-refractivity contribution in [1.29, 1.82) is 0 Å². The van der Waals surface area contributed by atoms with Gasteiger partial charge in [0, 0.05) is 59.6 Å². The molecule has 0 saturated carbocycles. The lowest BCUT2D eigenvalue weighted by molar-refractivity contribution is -0.136. The normalized spacial score (nSPS) is 17.5. The maximum atomic E-state index is 13.0. The minimum atomic E-state index is -2.54. The van der Waals surface area contributed by atoms with Crippen molar-refractivity contribution in [2.75, 3.05) is 61.4 Å². The van der Waals surface area contributed by atoms with Crippen molar-refractivity contribution in [2.45, 2.75) is 55.6 Å². The van der Waals surface area contributed by atoms with E-state index in [2.05, 4.69) is 48.3 Å².